The number of amides is 1. The molecule has 0 spiro atoms. The zero-order valence-corrected chi connectivity index (χ0v) is 12.8. The summed E-state index contributed by atoms with van der Waals surface area (Å²) in [6, 6.07) is 0.401. The van der Waals surface area contributed by atoms with Gasteiger partial charge in [0.25, 0.3) is 0 Å². The lowest BCUT2D eigenvalue weighted by atomic mass is 9.84. The van der Waals surface area contributed by atoms with Crippen LogP contribution in [0.4, 0.5) is 0 Å². The second-order valence-corrected chi connectivity index (χ2v) is 6.86. The van der Waals surface area contributed by atoms with Gasteiger partial charge in [0.2, 0.25) is 5.91 Å². The van der Waals surface area contributed by atoms with Gasteiger partial charge in [-0.05, 0) is 50.4 Å². The van der Waals surface area contributed by atoms with Crippen LogP contribution in [0, 0.1) is 17.8 Å². The Morgan fingerprint density at radius 3 is 2.58 bits per heavy atom. The number of nitrogens with one attached hydrogen (secondary N) is 1. The fraction of sp³-hybridized carbons (Fsp3) is 0.941. The maximum absolute atomic E-state index is 11.9. The maximum Gasteiger partial charge on any atom is 0.220 e. The minimum atomic E-state index is 0.284. The lowest BCUT2D eigenvalue weighted by Gasteiger charge is -2.28. The molecule has 2 saturated carbocycles. The summed E-state index contributed by atoms with van der Waals surface area (Å²) in [5, 5.41) is 3.26. The Balaban J connectivity index is 1.59. The molecule has 0 radical (unpaired) electrons. The fourth-order valence-electron chi connectivity index (χ4n) is 4.23. The Hall–Kier alpha value is -0.530. The highest BCUT2D eigenvalue weighted by Gasteiger charge is 2.41. The average molecular weight is 265 g/mol. The highest BCUT2D eigenvalue weighted by Crippen LogP contribution is 2.49. The minimum Gasteiger partial charge on any atom is -0.353 e. The Kier molecular flexibility index (Phi) is 5.72. The normalized spacial score (nSPS) is 30.5. The minimum absolute atomic E-state index is 0.284. The van der Waals surface area contributed by atoms with E-state index >= 15 is 0 Å². The smallest absolute Gasteiger partial charge is 0.220 e. The summed E-state index contributed by atoms with van der Waals surface area (Å²) in [4.78, 5) is 11.9. The lowest BCUT2D eigenvalue weighted by molar-refractivity contribution is -0.122. The highest BCUT2D eigenvalue weighted by molar-refractivity contribution is 5.76. The number of rotatable bonds is 8. The molecule has 1 amide bonds. The summed E-state index contributed by atoms with van der Waals surface area (Å²) in [7, 11) is 0. The van der Waals surface area contributed by atoms with Gasteiger partial charge in [-0.3, -0.25) is 4.79 Å². The summed E-state index contributed by atoms with van der Waals surface area (Å²) in [6.45, 7) is 4.45. The van der Waals surface area contributed by atoms with E-state index in [1.54, 1.807) is 0 Å². The molecule has 0 aromatic rings. The van der Waals surface area contributed by atoms with Gasteiger partial charge in [-0.15, -0.1) is 0 Å². The van der Waals surface area contributed by atoms with Crippen molar-refractivity contribution in [3.05, 3.63) is 0 Å². The van der Waals surface area contributed by atoms with Crippen LogP contribution in [0.1, 0.15) is 78.1 Å². The van der Waals surface area contributed by atoms with E-state index < -0.39 is 0 Å². The number of carbonyl (C=O) groups excluding carboxylic acids is 1. The molecule has 4 unspecified atom stereocenters. The van der Waals surface area contributed by atoms with Crippen LogP contribution >= 0.6 is 0 Å². The van der Waals surface area contributed by atoms with E-state index in [0.717, 1.165) is 30.6 Å². The predicted molar refractivity (Wildman–Crippen MR) is 79.9 cm³/mol. The second kappa shape index (κ2) is 7.31. The number of hydrogen-bond acceptors (Lipinski definition) is 1. The molecule has 2 nitrogen and oxygen atoms in total. The van der Waals surface area contributed by atoms with Crippen molar-refractivity contribution in [3.8, 4) is 0 Å². The zero-order valence-electron chi connectivity index (χ0n) is 12.8. The molecule has 4 atom stereocenters. The summed E-state index contributed by atoms with van der Waals surface area (Å²) in [5.41, 5.74) is 0. The van der Waals surface area contributed by atoms with Crippen molar-refractivity contribution in [2.24, 2.45) is 17.8 Å². The van der Waals surface area contributed by atoms with E-state index in [1.165, 1.54) is 51.4 Å². The van der Waals surface area contributed by atoms with E-state index in [4.69, 9.17) is 0 Å². The quantitative estimate of drug-likeness (QED) is 0.652. The van der Waals surface area contributed by atoms with Crippen LogP contribution in [0.25, 0.3) is 0 Å². The van der Waals surface area contributed by atoms with Crippen LogP contribution in [-0.2, 0) is 4.79 Å². The van der Waals surface area contributed by atoms with Crippen molar-refractivity contribution in [2.75, 3.05) is 0 Å². The standard InChI is InChI=1S/C17H31NO/c1-3-4-5-6-7-8-17(19)18-13(2)16-12-14-9-10-15(16)11-14/h13-16H,3-12H2,1-2H3,(H,18,19). The molecule has 2 heteroatoms. The molecule has 2 bridgehead atoms. The first-order valence-corrected chi connectivity index (χ1v) is 8.50. The summed E-state index contributed by atoms with van der Waals surface area (Å²) in [6.07, 6.45) is 12.5. The molecule has 0 saturated heterocycles. The molecule has 0 aromatic heterocycles. The first-order valence-electron chi connectivity index (χ1n) is 8.50. The molecule has 1 N–H and O–H groups in total. The maximum atomic E-state index is 11.9. The van der Waals surface area contributed by atoms with Gasteiger partial charge in [-0.2, -0.15) is 0 Å². The third-order valence-electron chi connectivity index (χ3n) is 5.33. The van der Waals surface area contributed by atoms with Gasteiger partial charge < -0.3 is 5.32 Å². The number of fused-ring (bicyclic) bond motifs is 2. The van der Waals surface area contributed by atoms with Crippen molar-refractivity contribution in [3.63, 3.8) is 0 Å². The average Bonchev–Trinajstić information content (AvgIpc) is 3.00. The Bertz CT molecular complexity index is 289. The van der Waals surface area contributed by atoms with Crippen LogP contribution in [0.3, 0.4) is 0 Å². The molecule has 110 valence electrons. The molecule has 0 heterocycles. The second-order valence-electron chi connectivity index (χ2n) is 6.86. The number of unbranched alkanes of at least 4 members (excludes halogenated alkanes) is 4. The van der Waals surface area contributed by atoms with Gasteiger partial charge in [0.05, 0.1) is 0 Å². The van der Waals surface area contributed by atoms with E-state index in [2.05, 4.69) is 19.2 Å². The van der Waals surface area contributed by atoms with Crippen LogP contribution in [-0.4, -0.2) is 11.9 Å². The van der Waals surface area contributed by atoms with Crippen molar-refractivity contribution >= 4 is 5.91 Å². The first kappa shape index (κ1) is 14.9. The van der Waals surface area contributed by atoms with Gasteiger partial charge in [-0.25, -0.2) is 0 Å². The summed E-state index contributed by atoms with van der Waals surface area (Å²) < 4.78 is 0. The number of carbonyl (C=O) groups is 1. The molecular weight excluding hydrogens is 234 g/mol. The third kappa shape index (κ3) is 4.22. The van der Waals surface area contributed by atoms with Crippen LogP contribution in [0.15, 0.2) is 0 Å². The van der Waals surface area contributed by atoms with Crippen LogP contribution < -0.4 is 5.32 Å². The van der Waals surface area contributed by atoms with E-state index in [1.807, 2.05) is 0 Å². The number of hydrogen-bond donors (Lipinski definition) is 1. The van der Waals surface area contributed by atoms with Crippen molar-refractivity contribution < 1.29 is 4.79 Å². The molecule has 2 aliphatic rings. The molecule has 19 heavy (non-hydrogen) atoms. The first-order chi connectivity index (χ1) is 9.20. The Morgan fingerprint density at radius 2 is 1.95 bits per heavy atom. The molecule has 2 aliphatic carbocycles. The van der Waals surface area contributed by atoms with E-state index in [9.17, 15) is 4.79 Å². The Morgan fingerprint density at radius 1 is 1.16 bits per heavy atom. The van der Waals surface area contributed by atoms with Gasteiger partial charge in [-0.1, -0.05) is 39.0 Å². The fourth-order valence-corrected chi connectivity index (χ4v) is 4.23. The van der Waals surface area contributed by atoms with E-state index in [-0.39, 0.29) is 5.91 Å². The topological polar surface area (TPSA) is 29.1 Å². The summed E-state index contributed by atoms with van der Waals surface area (Å²) >= 11 is 0. The monoisotopic (exact) mass is 265 g/mol. The molecule has 0 aromatic carbocycles. The summed E-state index contributed by atoms with van der Waals surface area (Å²) in [5.74, 6) is 2.93. The molecule has 0 aliphatic heterocycles. The van der Waals surface area contributed by atoms with Crippen LogP contribution in [0.5, 0.6) is 0 Å². The largest absolute Gasteiger partial charge is 0.353 e. The zero-order chi connectivity index (χ0) is 13.7. The third-order valence-corrected chi connectivity index (χ3v) is 5.33. The molecule has 2 fully saturated rings. The van der Waals surface area contributed by atoms with E-state index in [0.29, 0.717) is 6.04 Å². The van der Waals surface area contributed by atoms with Gasteiger partial charge in [0.15, 0.2) is 0 Å². The molecule has 2 rings (SSSR count). The predicted octanol–water partition coefficient (Wildman–Crippen LogP) is 4.29. The SMILES string of the molecule is CCCCCCCC(=O)NC(C)C1CC2CCC1C2. The van der Waals surface area contributed by atoms with Crippen molar-refractivity contribution in [1.82, 2.24) is 5.32 Å². The van der Waals surface area contributed by atoms with Crippen molar-refractivity contribution in [2.45, 2.75) is 84.1 Å². The molecular formula is C17H31NO. The van der Waals surface area contributed by atoms with Gasteiger partial charge >= 0.3 is 0 Å². The van der Waals surface area contributed by atoms with Gasteiger partial charge in [0, 0.05) is 12.5 Å². The van der Waals surface area contributed by atoms with Crippen LogP contribution in [0.2, 0.25) is 0 Å². The highest BCUT2D eigenvalue weighted by atomic mass is 16.1. The Labute approximate surface area is 118 Å². The van der Waals surface area contributed by atoms with Gasteiger partial charge in [0.1, 0.15) is 0 Å². The van der Waals surface area contributed by atoms with Crippen molar-refractivity contribution in [1.29, 1.82) is 0 Å². The lowest BCUT2D eigenvalue weighted by Crippen LogP contribution is -2.40.